The van der Waals surface area contributed by atoms with Gasteiger partial charge in [-0.1, -0.05) is 30.1 Å². The fourth-order valence-electron chi connectivity index (χ4n) is 1.66. The summed E-state index contributed by atoms with van der Waals surface area (Å²) in [6.07, 6.45) is 1.48. The number of rotatable bonds is 5. The van der Waals surface area contributed by atoms with E-state index in [1.807, 2.05) is 6.92 Å². The number of aromatic nitrogens is 2. The summed E-state index contributed by atoms with van der Waals surface area (Å²) >= 11 is 11.7. The number of nitro benzene ring substituents is 1. The molecule has 2 rings (SSSR count). The second-order valence-corrected chi connectivity index (χ2v) is 4.99. The third kappa shape index (κ3) is 4.03. The van der Waals surface area contributed by atoms with Crippen molar-refractivity contribution in [3.05, 3.63) is 50.4 Å². The van der Waals surface area contributed by atoms with Gasteiger partial charge in [0.25, 0.3) is 0 Å². The van der Waals surface area contributed by atoms with Gasteiger partial charge in [-0.25, -0.2) is 4.98 Å². The van der Waals surface area contributed by atoms with E-state index in [0.717, 1.165) is 6.42 Å². The summed E-state index contributed by atoms with van der Waals surface area (Å²) < 4.78 is 5.46. The highest BCUT2D eigenvalue weighted by Gasteiger charge is 2.17. The first kappa shape index (κ1) is 15.5. The van der Waals surface area contributed by atoms with Gasteiger partial charge in [-0.05, 0) is 12.5 Å². The minimum atomic E-state index is -0.554. The SMILES string of the molecule is CCCc1nc(Cl)cc(Oc2cc(Cl)ccc2[N+](=O)[O-])n1. The predicted octanol–water partition coefficient (Wildman–Crippen LogP) is 4.44. The molecule has 0 atom stereocenters. The minimum absolute atomic E-state index is 0.00437. The maximum atomic E-state index is 11.0. The number of nitrogens with zero attached hydrogens (tertiary/aromatic N) is 3. The first-order valence-corrected chi connectivity index (χ1v) is 6.90. The van der Waals surface area contributed by atoms with Crippen LogP contribution in [0.15, 0.2) is 24.3 Å². The number of benzene rings is 1. The lowest BCUT2D eigenvalue weighted by molar-refractivity contribution is -0.385. The van der Waals surface area contributed by atoms with Crippen molar-refractivity contribution in [3.63, 3.8) is 0 Å². The Balaban J connectivity index is 2.37. The molecule has 1 aromatic heterocycles. The molecule has 6 nitrogen and oxygen atoms in total. The molecule has 8 heteroatoms. The maximum Gasteiger partial charge on any atom is 0.311 e. The average Bonchev–Trinajstić information content (AvgIpc) is 2.38. The van der Waals surface area contributed by atoms with Crippen molar-refractivity contribution in [3.8, 4) is 11.6 Å². The van der Waals surface area contributed by atoms with Crippen LogP contribution in [-0.4, -0.2) is 14.9 Å². The topological polar surface area (TPSA) is 78.2 Å². The Morgan fingerprint density at radius 1 is 1.29 bits per heavy atom. The number of aryl methyl sites for hydroxylation is 1. The summed E-state index contributed by atoms with van der Waals surface area (Å²) in [5, 5.41) is 11.5. The Morgan fingerprint density at radius 2 is 2.05 bits per heavy atom. The first-order chi connectivity index (χ1) is 9.99. The van der Waals surface area contributed by atoms with Crippen LogP contribution < -0.4 is 4.74 Å². The molecule has 0 N–H and O–H groups in total. The van der Waals surface area contributed by atoms with Gasteiger partial charge in [0.05, 0.1) is 4.92 Å². The molecule has 0 radical (unpaired) electrons. The first-order valence-electron chi connectivity index (χ1n) is 6.15. The van der Waals surface area contributed by atoms with Crippen LogP contribution in [0.25, 0.3) is 0 Å². The van der Waals surface area contributed by atoms with Gasteiger partial charge >= 0.3 is 5.69 Å². The summed E-state index contributed by atoms with van der Waals surface area (Å²) in [6.45, 7) is 1.98. The van der Waals surface area contributed by atoms with Gasteiger partial charge in [-0.2, -0.15) is 4.98 Å². The summed E-state index contributed by atoms with van der Waals surface area (Å²) in [5.41, 5.74) is -0.203. The highest BCUT2D eigenvalue weighted by atomic mass is 35.5. The van der Waals surface area contributed by atoms with Crippen LogP contribution in [0.5, 0.6) is 11.6 Å². The molecule has 0 aliphatic rings. The van der Waals surface area contributed by atoms with E-state index in [0.29, 0.717) is 17.3 Å². The zero-order chi connectivity index (χ0) is 15.4. The van der Waals surface area contributed by atoms with Gasteiger partial charge in [-0.3, -0.25) is 10.1 Å². The van der Waals surface area contributed by atoms with Crippen molar-refractivity contribution in [1.29, 1.82) is 0 Å². The van der Waals surface area contributed by atoms with Crippen LogP contribution >= 0.6 is 23.2 Å². The van der Waals surface area contributed by atoms with Crippen molar-refractivity contribution >= 4 is 28.9 Å². The normalized spacial score (nSPS) is 10.4. The van der Waals surface area contributed by atoms with E-state index >= 15 is 0 Å². The quantitative estimate of drug-likeness (QED) is 0.461. The number of hydrogen-bond donors (Lipinski definition) is 0. The molecule has 0 aliphatic heterocycles. The zero-order valence-electron chi connectivity index (χ0n) is 11.0. The van der Waals surface area contributed by atoms with Gasteiger partial charge in [0.1, 0.15) is 11.0 Å². The van der Waals surface area contributed by atoms with Crippen LogP contribution in [0.3, 0.4) is 0 Å². The summed E-state index contributed by atoms with van der Waals surface area (Å²) in [7, 11) is 0. The van der Waals surface area contributed by atoms with Gasteiger partial charge in [-0.15, -0.1) is 0 Å². The number of hydrogen-bond acceptors (Lipinski definition) is 5. The molecule has 0 amide bonds. The van der Waals surface area contributed by atoms with Crippen LogP contribution in [0, 0.1) is 10.1 Å². The van der Waals surface area contributed by atoms with Crippen molar-refractivity contribution in [2.24, 2.45) is 0 Å². The largest absolute Gasteiger partial charge is 0.432 e. The lowest BCUT2D eigenvalue weighted by Gasteiger charge is -2.07. The second kappa shape index (κ2) is 6.69. The monoisotopic (exact) mass is 327 g/mol. The molecule has 0 saturated heterocycles. The van der Waals surface area contributed by atoms with E-state index in [1.165, 1.54) is 24.3 Å². The van der Waals surface area contributed by atoms with E-state index < -0.39 is 4.92 Å². The van der Waals surface area contributed by atoms with Crippen LogP contribution in [0.2, 0.25) is 10.2 Å². The molecule has 110 valence electrons. The van der Waals surface area contributed by atoms with Crippen molar-refractivity contribution in [2.45, 2.75) is 19.8 Å². The third-order valence-electron chi connectivity index (χ3n) is 2.52. The van der Waals surface area contributed by atoms with Gasteiger partial charge < -0.3 is 4.74 Å². The molecule has 0 spiro atoms. The van der Waals surface area contributed by atoms with E-state index in [4.69, 9.17) is 27.9 Å². The lowest BCUT2D eigenvalue weighted by atomic mass is 10.3. The molecule has 2 aromatic rings. The van der Waals surface area contributed by atoms with Crippen LogP contribution in [0.4, 0.5) is 5.69 Å². The van der Waals surface area contributed by atoms with Crippen LogP contribution in [0.1, 0.15) is 19.2 Å². The van der Waals surface area contributed by atoms with Gasteiger partial charge in [0, 0.05) is 29.6 Å². The fraction of sp³-hybridized carbons (Fsp3) is 0.231. The van der Waals surface area contributed by atoms with E-state index in [9.17, 15) is 10.1 Å². The molecule has 1 heterocycles. The highest BCUT2D eigenvalue weighted by Crippen LogP contribution is 2.33. The van der Waals surface area contributed by atoms with Crippen molar-refractivity contribution in [2.75, 3.05) is 0 Å². The standard InChI is InChI=1S/C13H11Cl2N3O3/c1-2-3-12-16-11(15)7-13(17-12)21-10-6-8(14)4-5-9(10)18(19)20/h4-7H,2-3H2,1H3. The zero-order valence-corrected chi connectivity index (χ0v) is 12.6. The molecule has 1 aromatic carbocycles. The molecule has 0 aliphatic carbocycles. The molecule has 0 saturated carbocycles. The smallest absolute Gasteiger partial charge is 0.311 e. The van der Waals surface area contributed by atoms with E-state index in [-0.39, 0.29) is 22.5 Å². The number of nitro groups is 1. The van der Waals surface area contributed by atoms with Crippen molar-refractivity contribution in [1.82, 2.24) is 9.97 Å². The molecular formula is C13H11Cl2N3O3. The molecule has 0 unspecified atom stereocenters. The van der Waals surface area contributed by atoms with Gasteiger partial charge in [0.15, 0.2) is 0 Å². The summed E-state index contributed by atoms with van der Waals surface area (Å²) in [6, 6.07) is 5.44. The highest BCUT2D eigenvalue weighted by molar-refractivity contribution is 6.30. The lowest BCUT2D eigenvalue weighted by Crippen LogP contribution is -1.99. The Hall–Kier alpha value is -1.92. The average molecular weight is 328 g/mol. The Bertz CT molecular complexity index is 680. The molecule has 0 bridgehead atoms. The van der Waals surface area contributed by atoms with Gasteiger partial charge in [0.2, 0.25) is 11.6 Å². The molecule has 21 heavy (non-hydrogen) atoms. The predicted molar refractivity (Wildman–Crippen MR) is 79.2 cm³/mol. The van der Waals surface area contributed by atoms with Crippen LogP contribution in [-0.2, 0) is 6.42 Å². The Labute approximate surface area is 130 Å². The Morgan fingerprint density at radius 3 is 2.71 bits per heavy atom. The molecular weight excluding hydrogens is 317 g/mol. The summed E-state index contributed by atoms with van der Waals surface area (Å²) in [5.74, 6) is 0.665. The van der Waals surface area contributed by atoms with E-state index in [1.54, 1.807) is 0 Å². The fourth-order valence-corrected chi connectivity index (χ4v) is 2.02. The van der Waals surface area contributed by atoms with E-state index in [2.05, 4.69) is 9.97 Å². The molecule has 0 fully saturated rings. The van der Waals surface area contributed by atoms with Crippen molar-refractivity contribution < 1.29 is 9.66 Å². The minimum Gasteiger partial charge on any atom is -0.432 e. The number of ether oxygens (including phenoxy) is 1. The number of halogens is 2. The summed E-state index contributed by atoms with van der Waals surface area (Å²) in [4.78, 5) is 18.6. The second-order valence-electron chi connectivity index (χ2n) is 4.17. The maximum absolute atomic E-state index is 11.0. The third-order valence-corrected chi connectivity index (χ3v) is 2.95. The Kier molecular flexibility index (Phi) is 4.93.